The van der Waals surface area contributed by atoms with E-state index in [9.17, 15) is 9.18 Å². The highest BCUT2D eigenvalue weighted by molar-refractivity contribution is 6.09. The highest BCUT2D eigenvalue weighted by Crippen LogP contribution is 2.16. The molecule has 0 unspecified atom stereocenters. The van der Waals surface area contributed by atoms with E-state index in [1.807, 2.05) is 32.0 Å². The smallest absolute Gasteiger partial charge is 0.193 e. The van der Waals surface area contributed by atoms with Gasteiger partial charge in [0.1, 0.15) is 5.82 Å². The standard InChI is InChI=1S/C15H13FO/c1-10-4-3-5-12(8-10)15(17)14-9-13(16)7-6-11(14)2/h3-9H,1-2H3. The van der Waals surface area contributed by atoms with Crippen LogP contribution in [0.5, 0.6) is 0 Å². The fourth-order valence-corrected chi connectivity index (χ4v) is 1.78. The van der Waals surface area contributed by atoms with Gasteiger partial charge in [0.2, 0.25) is 0 Å². The molecule has 0 bridgehead atoms. The predicted octanol–water partition coefficient (Wildman–Crippen LogP) is 3.67. The molecular formula is C15H13FO. The van der Waals surface area contributed by atoms with Crippen molar-refractivity contribution in [3.8, 4) is 0 Å². The first kappa shape index (κ1) is 11.5. The highest BCUT2D eigenvalue weighted by Gasteiger charge is 2.12. The van der Waals surface area contributed by atoms with E-state index >= 15 is 0 Å². The maximum atomic E-state index is 13.2. The van der Waals surface area contributed by atoms with E-state index in [-0.39, 0.29) is 11.6 Å². The molecule has 0 amide bonds. The van der Waals surface area contributed by atoms with Crippen LogP contribution >= 0.6 is 0 Å². The van der Waals surface area contributed by atoms with E-state index in [0.717, 1.165) is 11.1 Å². The third-order valence-electron chi connectivity index (χ3n) is 2.72. The van der Waals surface area contributed by atoms with Crippen molar-refractivity contribution in [1.82, 2.24) is 0 Å². The van der Waals surface area contributed by atoms with Crippen LogP contribution in [0.3, 0.4) is 0 Å². The Bertz CT molecular complexity index is 573. The van der Waals surface area contributed by atoms with E-state index in [0.29, 0.717) is 11.1 Å². The molecule has 1 nitrogen and oxygen atoms in total. The van der Waals surface area contributed by atoms with Crippen LogP contribution in [0.2, 0.25) is 0 Å². The fraction of sp³-hybridized carbons (Fsp3) is 0.133. The zero-order chi connectivity index (χ0) is 12.4. The van der Waals surface area contributed by atoms with E-state index < -0.39 is 0 Å². The van der Waals surface area contributed by atoms with E-state index in [4.69, 9.17) is 0 Å². The Balaban J connectivity index is 2.47. The normalized spacial score (nSPS) is 10.3. The van der Waals surface area contributed by atoms with Gasteiger partial charge in [-0.05, 0) is 37.6 Å². The van der Waals surface area contributed by atoms with Crippen molar-refractivity contribution >= 4 is 5.78 Å². The van der Waals surface area contributed by atoms with Crippen LogP contribution in [-0.2, 0) is 0 Å². The molecule has 2 rings (SSSR count). The van der Waals surface area contributed by atoms with Crippen molar-refractivity contribution < 1.29 is 9.18 Å². The number of benzene rings is 2. The van der Waals surface area contributed by atoms with Crippen LogP contribution in [0.25, 0.3) is 0 Å². The van der Waals surface area contributed by atoms with Gasteiger partial charge >= 0.3 is 0 Å². The van der Waals surface area contributed by atoms with Crippen LogP contribution in [0, 0.1) is 19.7 Å². The molecule has 0 saturated heterocycles. The second-order valence-corrected chi connectivity index (χ2v) is 4.16. The summed E-state index contributed by atoms with van der Waals surface area (Å²) in [6.07, 6.45) is 0. The van der Waals surface area contributed by atoms with Gasteiger partial charge in [-0.3, -0.25) is 4.79 Å². The molecule has 17 heavy (non-hydrogen) atoms. The van der Waals surface area contributed by atoms with Crippen LogP contribution in [0.4, 0.5) is 4.39 Å². The minimum absolute atomic E-state index is 0.134. The molecule has 0 spiro atoms. The van der Waals surface area contributed by atoms with Gasteiger partial charge in [0, 0.05) is 11.1 Å². The maximum Gasteiger partial charge on any atom is 0.193 e. The molecule has 0 aliphatic heterocycles. The summed E-state index contributed by atoms with van der Waals surface area (Å²) in [5, 5.41) is 0. The van der Waals surface area contributed by atoms with E-state index in [1.54, 1.807) is 12.1 Å². The summed E-state index contributed by atoms with van der Waals surface area (Å²) in [6, 6.07) is 11.6. The van der Waals surface area contributed by atoms with E-state index in [1.165, 1.54) is 12.1 Å². The summed E-state index contributed by atoms with van der Waals surface area (Å²) < 4.78 is 13.2. The summed E-state index contributed by atoms with van der Waals surface area (Å²) in [7, 11) is 0. The first-order valence-corrected chi connectivity index (χ1v) is 5.45. The van der Waals surface area contributed by atoms with Gasteiger partial charge < -0.3 is 0 Å². The topological polar surface area (TPSA) is 17.1 Å². The number of ketones is 1. The van der Waals surface area contributed by atoms with Gasteiger partial charge in [-0.25, -0.2) is 4.39 Å². The number of carbonyl (C=O) groups is 1. The van der Waals surface area contributed by atoms with Crippen LogP contribution in [0.15, 0.2) is 42.5 Å². The second-order valence-electron chi connectivity index (χ2n) is 4.16. The molecule has 2 aromatic rings. The Morgan fingerprint density at radius 2 is 1.82 bits per heavy atom. The van der Waals surface area contributed by atoms with Gasteiger partial charge in [-0.15, -0.1) is 0 Å². The molecule has 0 N–H and O–H groups in total. The summed E-state index contributed by atoms with van der Waals surface area (Å²) in [4.78, 5) is 12.2. The summed E-state index contributed by atoms with van der Waals surface area (Å²) >= 11 is 0. The number of carbonyl (C=O) groups excluding carboxylic acids is 1. The Morgan fingerprint density at radius 1 is 1.06 bits per heavy atom. The van der Waals surface area contributed by atoms with Crippen molar-refractivity contribution in [3.63, 3.8) is 0 Å². The molecule has 0 radical (unpaired) electrons. The van der Waals surface area contributed by atoms with Crippen molar-refractivity contribution in [3.05, 3.63) is 70.5 Å². The third kappa shape index (κ3) is 2.41. The largest absolute Gasteiger partial charge is 0.289 e. The minimum Gasteiger partial charge on any atom is -0.289 e. The fourth-order valence-electron chi connectivity index (χ4n) is 1.78. The average Bonchev–Trinajstić information content (AvgIpc) is 2.31. The van der Waals surface area contributed by atoms with Crippen molar-refractivity contribution in [1.29, 1.82) is 0 Å². The zero-order valence-electron chi connectivity index (χ0n) is 9.83. The zero-order valence-corrected chi connectivity index (χ0v) is 9.83. The molecule has 0 saturated carbocycles. The van der Waals surface area contributed by atoms with Crippen LogP contribution in [0.1, 0.15) is 27.0 Å². The van der Waals surface area contributed by atoms with Crippen LogP contribution in [-0.4, -0.2) is 5.78 Å². The monoisotopic (exact) mass is 228 g/mol. The SMILES string of the molecule is Cc1cccc(C(=O)c2cc(F)ccc2C)c1. The molecule has 0 aliphatic carbocycles. The maximum absolute atomic E-state index is 13.2. The van der Waals surface area contributed by atoms with E-state index in [2.05, 4.69) is 0 Å². The Morgan fingerprint density at radius 3 is 2.53 bits per heavy atom. The van der Waals surface area contributed by atoms with Gasteiger partial charge in [-0.2, -0.15) is 0 Å². The van der Waals surface area contributed by atoms with Crippen LogP contribution < -0.4 is 0 Å². The number of hydrogen-bond donors (Lipinski definition) is 0. The average molecular weight is 228 g/mol. The summed E-state index contributed by atoms with van der Waals surface area (Å²) in [5.74, 6) is -0.516. The lowest BCUT2D eigenvalue weighted by molar-refractivity contribution is 0.103. The third-order valence-corrected chi connectivity index (χ3v) is 2.72. The first-order chi connectivity index (χ1) is 8.08. The van der Waals surface area contributed by atoms with Gasteiger partial charge in [0.15, 0.2) is 5.78 Å². The molecule has 0 atom stereocenters. The predicted molar refractivity (Wildman–Crippen MR) is 65.7 cm³/mol. The van der Waals surface area contributed by atoms with Crippen molar-refractivity contribution in [2.75, 3.05) is 0 Å². The number of aryl methyl sites for hydroxylation is 2. The first-order valence-electron chi connectivity index (χ1n) is 5.45. The molecule has 86 valence electrons. The lowest BCUT2D eigenvalue weighted by atomic mass is 9.98. The van der Waals surface area contributed by atoms with Gasteiger partial charge in [-0.1, -0.05) is 29.8 Å². The van der Waals surface area contributed by atoms with Gasteiger partial charge in [0.05, 0.1) is 0 Å². The summed E-state index contributed by atoms with van der Waals surface area (Å²) in [6.45, 7) is 3.73. The molecular weight excluding hydrogens is 215 g/mol. The lowest BCUT2D eigenvalue weighted by Crippen LogP contribution is -2.04. The lowest BCUT2D eigenvalue weighted by Gasteiger charge is -2.05. The molecule has 0 aliphatic rings. The summed E-state index contributed by atoms with van der Waals surface area (Å²) in [5.41, 5.74) is 2.83. The quantitative estimate of drug-likeness (QED) is 0.717. The Kier molecular flexibility index (Phi) is 3.05. The molecule has 0 aromatic heterocycles. The number of rotatable bonds is 2. The van der Waals surface area contributed by atoms with Crippen molar-refractivity contribution in [2.24, 2.45) is 0 Å². The Hall–Kier alpha value is -1.96. The molecule has 2 heteroatoms. The van der Waals surface area contributed by atoms with Crippen molar-refractivity contribution in [2.45, 2.75) is 13.8 Å². The minimum atomic E-state index is -0.383. The number of halogens is 1. The molecule has 2 aromatic carbocycles. The van der Waals surface area contributed by atoms with Gasteiger partial charge in [0.25, 0.3) is 0 Å². The molecule has 0 fully saturated rings. The number of hydrogen-bond acceptors (Lipinski definition) is 1. The molecule has 0 heterocycles. The highest BCUT2D eigenvalue weighted by atomic mass is 19.1. The Labute approximate surface area is 99.9 Å². The second kappa shape index (κ2) is 4.50.